The fraction of sp³-hybridized carbons (Fsp3) is 0.519. The van der Waals surface area contributed by atoms with Crippen LogP contribution in [0.5, 0.6) is 11.5 Å². The number of nitrogens with two attached hydrogens (primary N) is 1. The van der Waals surface area contributed by atoms with Gasteiger partial charge in [-0.25, -0.2) is 5.26 Å². The highest BCUT2D eigenvalue weighted by atomic mass is 32.2. The molecule has 0 aliphatic carbocycles. The fourth-order valence-electron chi connectivity index (χ4n) is 10.1. The van der Waals surface area contributed by atoms with E-state index in [4.69, 9.17) is 15.2 Å². The lowest BCUT2D eigenvalue weighted by Crippen LogP contribution is -2.64. The van der Waals surface area contributed by atoms with E-state index in [2.05, 4.69) is 42.9 Å². The Morgan fingerprint density at radius 1 is 0.762 bits per heavy atom. The van der Waals surface area contributed by atoms with Gasteiger partial charge in [-0.15, -0.1) is 0 Å². The summed E-state index contributed by atoms with van der Waals surface area (Å²) in [5, 5.41) is 124. The molecule has 30 heteroatoms. The summed E-state index contributed by atoms with van der Waals surface area (Å²) in [6, 6.07) is 4.28. The minimum absolute atomic E-state index is 0.00840. The number of nitrogens with one attached hydrogen (secondary N) is 5. The average Bonchev–Trinajstić information content (AvgIpc) is 2.77. The number of benzene rings is 3. The van der Waals surface area contributed by atoms with Gasteiger partial charge in [-0.05, 0) is 66.3 Å². The maximum absolute atomic E-state index is 14.7. The van der Waals surface area contributed by atoms with Gasteiger partial charge in [-0.1, -0.05) is 84.9 Å². The minimum atomic E-state index is -2.55. The van der Waals surface area contributed by atoms with Gasteiger partial charge in [0.2, 0.25) is 41.4 Å². The van der Waals surface area contributed by atoms with E-state index in [9.17, 15) is 84.3 Å². The Balaban J connectivity index is 1.38. The predicted octanol–water partition coefficient (Wildman–Crippen LogP) is -2.82. The molecule has 15 atom stereocenters. The van der Waals surface area contributed by atoms with Crippen LogP contribution in [0.1, 0.15) is 93.3 Å². The van der Waals surface area contributed by atoms with Crippen molar-refractivity contribution in [1.29, 1.82) is 0 Å². The number of fused-ring (bicyclic) bond motifs is 2. The SMILES string of the molecule is CCCCCCc1ccc(-c2ccc(C(=O)NC3CC(O)C(O)NC(=O)C4C(O)C(C)CN4C(=O)C(C(O)CC(N)=O)NC(=O)C(C(O)C(O)c4ccc(O)c(OSOOO)c4)NC(=O)C4CC(O)CN4C(=O)C(C(C)O)NC3=O)cc2)cc1. The van der Waals surface area contributed by atoms with E-state index in [-0.39, 0.29) is 23.5 Å². The van der Waals surface area contributed by atoms with Crippen LogP contribution in [0.25, 0.3) is 11.1 Å². The van der Waals surface area contributed by atoms with Crippen molar-refractivity contribution in [2.75, 3.05) is 13.1 Å². The van der Waals surface area contributed by atoms with E-state index in [1.165, 1.54) is 19.1 Å². The summed E-state index contributed by atoms with van der Waals surface area (Å²) < 4.78 is 9.17. The summed E-state index contributed by atoms with van der Waals surface area (Å²) in [6.07, 6.45) is -14.1. The summed E-state index contributed by atoms with van der Waals surface area (Å²) in [5.41, 5.74) is 7.72. The van der Waals surface area contributed by atoms with E-state index in [1.807, 2.05) is 24.3 Å². The van der Waals surface area contributed by atoms with E-state index >= 15 is 0 Å². The number of aliphatic hydroxyl groups is 8. The number of hydrogen-bond acceptors (Lipinski definition) is 22. The van der Waals surface area contributed by atoms with E-state index in [0.717, 1.165) is 73.9 Å². The Labute approximate surface area is 485 Å². The van der Waals surface area contributed by atoms with Gasteiger partial charge >= 0.3 is 0 Å². The van der Waals surface area contributed by atoms with Gasteiger partial charge in [0, 0.05) is 37.4 Å². The third-order valence-electron chi connectivity index (χ3n) is 14.8. The van der Waals surface area contributed by atoms with Crippen molar-refractivity contribution in [3.05, 3.63) is 83.4 Å². The molecule has 0 saturated carbocycles. The molecule has 3 aliphatic rings. The van der Waals surface area contributed by atoms with E-state index in [0.29, 0.717) is 9.80 Å². The first-order chi connectivity index (χ1) is 39.8. The molecule has 3 aromatic carbocycles. The average molecular weight is 1200 g/mol. The number of phenols is 1. The number of phenolic OH excluding ortho intramolecular Hbond substituents is 1. The molecular weight excluding hydrogens is 1130 g/mol. The topological polar surface area (TPSA) is 459 Å². The first-order valence-electron chi connectivity index (χ1n) is 27.0. The summed E-state index contributed by atoms with van der Waals surface area (Å²) >= 11 is -0.0308. The van der Waals surface area contributed by atoms with Gasteiger partial charge < -0.3 is 92.3 Å². The number of aliphatic hydroxyl groups excluding tert-OH is 8. The molecular formula is C54H72N8O21S. The highest BCUT2D eigenvalue weighted by molar-refractivity contribution is 7.90. The van der Waals surface area contributed by atoms with E-state index < -0.39 is 182 Å². The van der Waals surface area contributed by atoms with Crippen LogP contribution in [0, 0.1) is 5.92 Å². The number of nitrogens with zero attached hydrogens (tertiary/aromatic N) is 2. The number of primary amides is 1. The number of hydrogen-bond donors (Lipinski definition) is 16. The summed E-state index contributed by atoms with van der Waals surface area (Å²) in [4.78, 5) is 115. The maximum Gasteiger partial charge on any atom is 0.261 e. The summed E-state index contributed by atoms with van der Waals surface area (Å²) in [6.45, 7) is 3.40. The molecule has 0 bridgehead atoms. The lowest BCUT2D eigenvalue weighted by Gasteiger charge is -2.34. The number of amides is 8. The van der Waals surface area contributed by atoms with Crippen molar-refractivity contribution in [3.63, 3.8) is 0 Å². The lowest BCUT2D eigenvalue weighted by atomic mass is 9.96. The van der Waals surface area contributed by atoms with Crippen LogP contribution in [0.4, 0.5) is 0 Å². The van der Waals surface area contributed by atoms with Crippen LogP contribution in [-0.2, 0) is 49.4 Å². The molecule has 0 aromatic heterocycles. The molecule has 6 rings (SSSR count). The Bertz CT molecular complexity index is 2800. The molecule has 3 saturated heterocycles. The van der Waals surface area contributed by atoms with Crippen molar-refractivity contribution >= 4 is 59.6 Å². The third-order valence-corrected chi connectivity index (χ3v) is 15.2. The van der Waals surface area contributed by atoms with Crippen LogP contribution >= 0.6 is 12.3 Å². The Hall–Kier alpha value is -7.07. The second kappa shape index (κ2) is 30.1. The monoisotopic (exact) mass is 1200 g/mol. The Morgan fingerprint density at radius 3 is 2.02 bits per heavy atom. The van der Waals surface area contributed by atoms with Crippen molar-refractivity contribution in [1.82, 2.24) is 36.4 Å². The van der Waals surface area contributed by atoms with Gasteiger partial charge in [0.15, 0.2) is 17.7 Å². The molecule has 3 aliphatic heterocycles. The smallest absolute Gasteiger partial charge is 0.261 e. The quantitative estimate of drug-likeness (QED) is 0.0249. The highest BCUT2D eigenvalue weighted by Gasteiger charge is 2.51. The third kappa shape index (κ3) is 16.6. The molecule has 460 valence electrons. The van der Waals surface area contributed by atoms with Gasteiger partial charge in [0.05, 0.1) is 30.8 Å². The summed E-state index contributed by atoms with van der Waals surface area (Å²) in [5.74, 6) is -12.5. The highest BCUT2D eigenvalue weighted by Crippen LogP contribution is 2.34. The van der Waals surface area contributed by atoms with Crippen LogP contribution in [0.15, 0.2) is 66.7 Å². The maximum atomic E-state index is 14.7. The second-order valence-electron chi connectivity index (χ2n) is 21.1. The van der Waals surface area contributed by atoms with Gasteiger partial charge in [-0.3, -0.25) is 38.4 Å². The first kappa shape index (κ1) is 66.1. The van der Waals surface area contributed by atoms with Crippen molar-refractivity contribution in [2.24, 2.45) is 11.7 Å². The zero-order valence-electron chi connectivity index (χ0n) is 45.9. The molecule has 8 amide bonds. The zero-order valence-corrected chi connectivity index (χ0v) is 46.7. The molecule has 29 nitrogen and oxygen atoms in total. The Kier molecular flexibility index (Phi) is 23.7. The molecule has 0 spiro atoms. The molecule has 3 heterocycles. The number of carbonyl (C=O) groups is 8. The van der Waals surface area contributed by atoms with Crippen LogP contribution in [-0.4, -0.2) is 200 Å². The van der Waals surface area contributed by atoms with Gasteiger partial charge in [-0.2, -0.15) is 0 Å². The van der Waals surface area contributed by atoms with Crippen LogP contribution < -0.4 is 36.5 Å². The molecule has 17 N–H and O–H groups in total. The standard InChI is InChI=1S/C54H72N8O21S/c1-4-5-6-7-8-27-9-11-28(12-10-27)29-13-15-30(16-14-29)47(72)56-33-21-37(67)50(75)60-52(77)43-44(69)25(2)23-62(43)54(79)41(36(66)22-39(55)68)58-51(76)42(46(71)45(70)31-17-18-35(65)38(19-31)81-84-83-82-80)59-49(74)34-20-32(64)24-61(34)53(78)40(26(3)63)57-48(33)73/h9-19,25-26,32-34,36-37,40-46,50,63-67,69-71,75,80H,4-8,20-24H2,1-3H3,(H2,55,68)(H,56,72)(H,57,73)(H,58,76)(H,59,74)(H,60,77). The second-order valence-corrected chi connectivity index (χ2v) is 21.5. The summed E-state index contributed by atoms with van der Waals surface area (Å²) in [7, 11) is 0. The molecule has 84 heavy (non-hydrogen) atoms. The predicted molar refractivity (Wildman–Crippen MR) is 292 cm³/mol. The van der Waals surface area contributed by atoms with Crippen LogP contribution in [0.3, 0.4) is 0 Å². The van der Waals surface area contributed by atoms with Crippen LogP contribution in [0.2, 0.25) is 0 Å². The van der Waals surface area contributed by atoms with Gasteiger partial charge in [0.25, 0.3) is 18.2 Å². The molecule has 0 radical (unpaired) electrons. The zero-order chi connectivity index (χ0) is 61.7. The molecule has 3 aromatic rings. The van der Waals surface area contributed by atoms with Crippen molar-refractivity contribution in [3.8, 4) is 22.6 Å². The normalized spacial score (nSPS) is 27.2. The number of aromatic hydroxyl groups is 1. The minimum Gasteiger partial charge on any atom is -0.504 e. The van der Waals surface area contributed by atoms with Crippen molar-refractivity contribution in [2.45, 2.75) is 157 Å². The number of rotatable bonds is 19. The van der Waals surface area contributed by atoms with Gasteiger partial charge in [0.1, 0.15) is 54.6 Å². The molecule has 3 fully saturated rings. The largest absolute Gasteiger partial charge is 0.504 e. The van der Waals surface area contributed by atoms with Crippen molar-refractivity contribution < 1.29 is 103 Å². The fourth-order valence-corrected chi connectivity index (χ4v) is 10.4. The first-order valence-corrected chi connectivity index (χ1v) is 27.7. The van der Waals surface area contributed by atoms with E-state index in [1.54, 1.807) is 12.1 Å². The number of aryl methyl sites for hydroxylation is 1. The number of unbranched alkanes of at least 4 members (excludes halogenated alkanes) is 3. The lowest BCUT2D eigenvalue weighted by molar-refractivity contribution is -0.433. The molecule has 15 unspecified atom stereocenters. The Morgan fingerprint density at radius 2 is 1.39 bits per heavy atom. The number of carbonyl (C=O) groups excluding carboxylic acids is 8.